The second kappa shape index (κ2) is 9.43. The Hall–Kier alpha value is -3.67. The molecule has 1 aliphatic rings. The Morgan fingerprint density at radius 1 is 0.806 bits per heavy atom. The molecule has 6 heteroatoms. The van der Waals surface area contributed by atoms with Crippen LogP contribution in [0, 0.1) is 5.82 Å². The van der Waals surface area contributed by atoms with Gasteiger partial charge in [0, 0.05) is 30.3 Å². The van der Waals surface area contributed by atoms with E-state index in [-0.39, 0.29) is 23.7 Å². The molecule has 0 atom stereocenters. The highest BCUT2D eigenvalue weighted by atomic mass is 19.1. The van der Waals surface area contributed by atoms with Crippen molar-refractivity contribution >= 4 is 11.8 Å². The first-order valence-electron chi connectivity index (χ1n) is 10.3. The molecular formula is C25H23FN2O3. The number of rotatable bonds is 5. The van der Waals surface area contributed by atoms with Gasteiger partial charge >= 0.3 is 0 Å². The molecule has 0 saturated carbocycles. The van der Waals surface area contributed by atoms with E-state index in [0.717, 1.165) is 5.75 Å². The smallest absolute Gasteiger partial charge is 0.253 e. The van der Waals surface area contributed by atoms with Gasteiger partial charge in [-0.2, -0.15) is 0 Å². The predicted octanol–water partition coefficient (Wildman–Crippen LogP) is 4.65. The summed E-state index contributed by atoms with van der Waals surface area (Å²) in [5.74, 6) is 0.785. The molecule has 2 amide bonds. The summed E-state index contributed by atoms with van der Waals surface area (Å²) in [6, 6.07) is 22.0. The maximum absolute atomic E-state index is 13.0. The summed E-state index contributed by atoms with van der Waals surface area (Å²) in [6.45, 7) is 1.13. The van der Waals surface area contributed by atoms with Crippen LogP contribution < -0.4 is 10.1 Å². The summed E-state index contributed by atoms with van der Waals surface area (Å²) < 4.78 is 18.8. The molecule has 158 valence electrons. The molecule has 3 aromatic carbocycles. The minimum absolute atomic E-state index is 0.0109. The molecule has 4 rings (SSSR count). The van der Waals surface area contributed by atoms with E-state index in [0.29, 0.717) is 42.8 Å². The molecule has 31 heavy (non-hydrogen) atoms. The number of carbonyl (C=O) groups excluding carboxylic acids is 2. The van der Waals surface area contributed by atoms with Crippen molar-refractivity contribution in [2.45, 2.75) is 18.9 Å². The summed E-state index contributed by atoms with van der Waals surface area (Å²) in [5, 5.41) is 2.97. The molecule has 0 spiro atoms. The summed E-state index contributed by atoms with van der Waals surface area (Å²) >= 11 is 0. The number of para-hydroxylation sites is 1. The van der Waals surface area contributed by atoms with E-state index < -0.39 is 0 Å². The highest BCUT2D eigenvalue weighted by molar-refractivity contribution is 5.95. The number of ether oxygens (including phenoxy) is 1. The third-order valence-corrected chi connectivity index (χ3v) is 5.30. The monoisotopic (exact) mass is 418 g/mol. The van der Waals surface area contributed by atoms with Crippen LogP contribution in [0.2, 0.25) is 0 Å². The molecule has 0 unspecified atom stereocenters. The minimum atomic E-state index is -0.372. The second-order valence-electron chi connectivity index (χ2n) is 7.49. The number of nitrogens with one attached hydrogen (secondary N) is 1. The van der Waals surface area contributed by atoms with Crippen LogP contribution in [0.1, 0.15) is 33.6 Å². The van der Waals surface area contributed by atoms with Gasteiger partial charge < -0.3 is 15.0 Å². The Balaban J connectivity index is 1.28. The fourth-order valence-corrected chi connectivity index (χ4v) is 3.57. The molecule has 0 aromatic heterocycles. The normalized spacial score (nSPS) is 14.2. The first-order chi connectivity index (χ1) is 15.1. The Morgan fingerprint density at radius 2 is 1.39 bits per heavy atom. The first kappa shape index (κ1) is 20.6. The lowest BCUT2D eigenvalue weighted by atomic mass is 10.0. The van der Waals surface area contributed by atoms with Crippen LogP contribution in [-0.2, 0) is 0 Å². The third-order valence-electron chi connectivity index (χ3n) is 5.30. The lowest BCUT2D eigenvalue weighted by Crippen LogP contribution is -2.46. The van der Waals surface area contributed by atoms with Gasteiger partial charge in [0.2, 0.25) is 0 Å². The molecule has 0 aliphatic carbocycles. The van der Waals surface area contributed by atoms with Crippen molar-refractivity contribution < 1.29 is 18.7 Å². The number of likely N-dealkylation sites (tertiary alicyclic amines) is 1. The lowest BCUT2D eigenvalue weighted by molar-refractivity contribution is 0.0698. The quantitative estimate of drug-likeness (QED) is 0.656. The Morgan fingerprint density at radius 3 is 2.03 bits per heavy atom. The molecule has 5 nitrogen and oxygen atoms in total. The number of halogens is 1. The Bertz CT molecular complexity index is 1030. The number of carbonyl (C=O) groups is 2. The summed E-state index contributed by atoms with van der Waals surface area (Å²) in [7, 11) is 0. The van der Waals surface area contributed by atoms with E-state index in [9.17, 15) is 14.0 Å². The van der Waals surface area contributed by atoms with Gasteiger partial charge in [0.15, 0.2) is 0 Å². The fraction of sp³-hybridized carbons (Fsp3) is 0.200. The molecule has 0 bridgehead atoms. The number of hydrogen-bond donors (Lipinski definition) is 1. The van der Waals surface area contributed by atoms with Crippen molar-refractivity contribution in [1.29, 1.82) is 0 Å². The number of amides is 2. The molecule has 0 radical (unpaired) electrons. The number of piperidine rings is 1. The van der Waals surface area contributed by atoms with Crippen molar-refractivity contribution in [3.63, 3.8) is 0 Å². The molecular weight excluding hydrogens is 395 g/mol. The molecule has 1 heterocycles. The third kappa shape index (κ3) is 5.28. The number of nitrogens with zero attached hydrogens (tertiary/aromatic N) is 1. The highest BCUT2D eigenvalue weighted by Gasteiger charge is 2.25. The van der Waals surface area contributed by atoms with Crippen LogP contribution in [-0.4, -0.2) is 35.8 Å². The van der Waals surface area contributed by atoms with Crippen LogP contribution in [0.5, 0.6) is 11.5 Å². The Kier molecular flexibility index (Phi) is 6.26. The van der Waals surface area contributed by atoms with Gasteiger partial charge in [0.1, 0.15) is 17.3 Å². The van der Waals surface area contributed by atoms with Crippen LogP contribution in [0.25, 0.3) is 0 Å². The van der Waals surface area contributed by atoms with Gasteiger partial charge in [0.25, 0.3) is 11.8 Å². The molecule has 1 fully saturated rings. The fourth-order valence-electron chi connectivity index (χ4n) is 3.57. The van der Waals surface area contributed by atoms with Crippen molar-refractivity contribution in [3.8, 4) is 11.5 Å². The molecule has 3 aromatic rings. The maximum Gasteiger partial charge on any atom is 0.253 e. The zero-order valence-corrected chi connectivity index (χ0v) is 17.0. The number of hydrogen-bond acceptors (Lipinski definition) is 3. The standard InChI is InChI=1S/C25H23FN2O3/c26-20-10-6-18(7-11-20)24(29)27-21-14-16-28(17-15-21)25(30)19-8-12-23(13-9-19)31-22-4-2-1-3-5-22/h1-13,21H,14-17H2,(H,27,29). The van der Waals surface area contributed by atoms with E-state index in [1.54, 1.807) is 29.2 Å². The molecule has 1 N–H and O–H groups in total. The van der Waals surface area contributed by atoms with Crippen LogP contribution >= 0.6 is 0 Å². The topological polar surface area (TPSA) is 58.6 Å². The van der Waals surface area contributed by atoms with E-state index in [4.69, 9.17) is 4.74 Å². The SMILES string of the molecule is O=C(NC1CCN(C(=O)c2ccc(Oc3ccccc3)cc2)CC1)c1ccc(F)cc1. The second-order valence-corrected chi connectivity index (χ2v) is 7.49. The zero-order valence-electron chi connectivity index (χ0n) is 17.0. The lowest BCUT2D eigenvalue weighted by Gasteiger charge is -2.32. The summed E-state index contributed by atoms with van der Waals surface area (Å²) in [5.41, 5.74) is 1.03. The predicted molar refractivity (Wildman–Crippen MR) is 116 cm³/mol. The van der Waals surface area contributed by atoms with E-state index in [1.807, 2.05) is 30.3 Å². The molecule has 1 saturated heterocycles. The van der Waals surface area contributed by atoms with Crippen molar-refractivity contribution in [1.82, 2.24) is 10.2 Å². The Labute approximate surface area is 180 Å². The largest absolute Gasteiger partial charge is 0.457 e. The first-order valence-corrected chi connectivity index (χ1v) is 10.3. The van der Waals surface area contributed by atoms with Crippen molar-refractivity contribution in [2.75, 3.05) is 13.1 Å². The zero-order chi connectivity index (χ0) is 21.6. The van der Waals surface area contributed by atoms with E-state index in [1.165, 1.54) is 24.3 Å². The van der Waals surface area contributed by atoms with Gasteiger partial charge in [-0.05, 0) is 73.5 Å². The van der Waals surface area contributed by atoms with Gasteiger partial charge in [-0.3, -0.25) is 9.59 Å². The van der Waals surface area contributed by atoms with Crippen LogP contribution in [0.3, 0.4) is 0 Å². The average Bonchev–Trinajstić information content (AvgIpc) is 2.81. The number of benzene rings is 3. The summed E-state index contributed by atoms with van der Waals surface area (Å²) in [4.78, 5) is 26.9. The van der Waals surface area contributed by atoms with Crippen LogP contribution in [0.15, 0.2) is 78.9 Å². The van der Waals surface area contributed by atoms with Crippen LogP contribution in [0.4, 0.5) is 4.39 Å². The van der Waals surface area contributed by atoms with E-state index in [2.05, 4.69) is 5.32 Å². The average molecular weight is 418 g/mol. The van der Waals surface area contributed by atoms with Gasteiger partial charge in [-0.1, -0.05) is 18.2 Å². The highest BCUT2D eigenvalue weighted by Crippen LogP contribution is 2.22. The van der Waals surface area contributed by atoms with Gasteiger partial charge in [0.05, 0.1) is 0 Å². The minimum Gasteiger partial charge on any atom is -0.457 e. The van der Waals surface area contributed by atoms with Crippen molar-refractivity contribution in [3.05, 3.63) is 95.8 Å². The van der Waals surface area contributed by atoms with Gasteiger partial charge in [-0.25, -0.2) is 4.39 Å². The summed E-state index contributed by atoms with van der Waals surface area (Å²) in [6.07, 6.45) is 1.35. The maximum atomic E-state index is 13.0. The van der Waals surface area contributed by atoms with E-state index >= 15 is 0 Å². The van der Waals surface area contributed by atoms with Crippen molar-refractivity contribution in [2.24, 2.45) is 0 Å². The molecule has 1 aliphatic heterocycles. The van der Waals surface area contributed by atoms with Gasteiger partial charge in [-0.15, -0.1) is 0 Å².